The lowest BCUT2D eigenvalue weighted by Gasteiger charge is -2.09. The molecule has 0 aliphatic rings. The molecule has 0 atom stereocenters. The van der Waals surface area contributed by atoms with Crippen LogP contribution in [0.1, 0.15) is 11.3 Å². The third-order valence-corrected chi connectivity index (χ3v) is 4.61. The van der Waals surface area contributed by atoms with Crippen LogP contribution in [0.4, 0.5) is 30.5 Å². The van der Waals surface area contributed by atoms with Crippen molar-refractivity contribution in [1.29, 1.82) is 0 Å². The van der Waals surface area contributed by atoms with Gasteiger partial charge in [0.2, 0.25) is 11.9 Å². The number of carbonyl (C=O) groups is 1. The number of carbonyl (C=O) groups excluding carboxylic acids is 1. The Kier molecular flexibility index (Phi) is 5.39. The van der Waals surface area contributed by atoms with Crippen molar-refractivity contribution in [3.63, 3.8) is 0 Å². The van der Waals surface area contributed by atoms with Crippen LogP contribution in [0.15, 0.2) is 47.3 Å². The fraction of sp³-hybridized carbons (Fsp3) is 0.143. The van der Waals surface area contributed by atoms with E-state index in [1.165, 1.54) is 22.6 Å². The molecule has 2 aromatic heterocycles. The standard InChI is InChI=1S/C21H17F3N6O2/c1-11-7-13(3-5-15(11)22)27-20-25-12(2)8-18-28-29(21(32)30(18)20)10-19(31)26-14-4-6-16(23)17(24)9-14/h3-9H,10H2,1-2H3,(H,25,27)(H,26,31). The summed E-state index contributed by atoms with van der Waals surface area (Å²) in [6, 6.07) is 8.83. The number of rotatable bonds is 5. The summed E-state index contributed by atoms with van der Waals surface area (Å²) in [7, 11) is 0. The van der Waals surface area contributed by atoms with Gasteiger partial charge in [-0.15, -0.1) is 5.10 Å². The smallest absolute Gasteiger partial charge is 0.325 e. The highest BCUT2D eigenvalue weighted by Gasteiger charge is 2.16. The zero-order chi connectivity index (χ0) is 23.0. The Balaban J connectivity index is 1.63. The lowest BCUT2D eigenvalue weighted by atomic mass is 10.2. The van der Waals surface area contributed by atoms with E-state index in [2.05, 4.69) is 20.7 Å². The summed E-state index contributed by atoms with van der Waals surface area (Å²) in [6.07, 6.45) is 0. The monoisotopic (exact) mass is 442 g/mol. The molecule has 32 heavy (non-hydrogen) atoms. The molecule has 11 heteroatoms. The molecular formula is C21H17F3N6O2. The number of amides is 1. The molecule has 0 aliphatic carbocycles. The number of benzene rings is 2. The Labute approximate surface area is 179 Å². The van der Waals surface area contributed by atoms with E-state index in [1.807, 2.05) is 0 Å². The van der Waals surface area contributed by atoms with E-state index >= 15 is 0 Å². The number of aryl methyl sites for hydroxylation is 2. The molecule has 0 saturated heterocycles. The lowest BCUT2D eigenvalue weighted by Crippen LogP contribution is -2.29. The quantitative estimate of drug-likeness (QED) is 0.495. The van der Waals surface area contributed by atoms with E-state index in [-0.39, 0.29) is 23.1 Å². The summed E-state index contributed by atoms with van der Waals surface area (Å²) in [5, 5.41) is 9.51. The predicted molar refractivity (Wildman–Crippen MR) is 111 cm³/mol. The largest absolute Gasteiger partial charge is 0.353 e. The highest BCUT2D eigenvalue weighted by Crippen LogP contribution is 2.19. The van der Waals surface area contributed by atoms with Gasteiger partial charge >= 0.3 is 5.69 Å². The van der Waals surface area contributed by atoms with Crippen molar-refractivity contribution in [2.75, 3.05) is 10.6 Å². The Hall–Kier alpha value is -4.15. The summed E-state index contributed by atoms with van der Waals surface area (Å²) in [4.78, 5) is 29.5. The number of nitrogens with one attached hydrogen (secondary N) is 2. The molecule has 0 fully saturated rings. The Morgan fingerprint density at radius 2 is 1.69 bits per heavy atom. The van der Waals surface area contributed by atoms with Crippen LogP contribution in [0.5, 0.6) is 0 Å². The van der Waals surface area contributed by atoms with Crippen LogP contribution >= 0.6 is 0 Å². The first kappa shape index (κ1) is 21.1. The first-order valence-corrected chi connectivity index (χ1v) is 9.46. The lowest BCUT2D eigenvalue weighted by molar-refractivity contribution is -0.117. The highest BCUT2D eigenvalue weighted by molar-refractivity contribution is 5.90. The summed E-state index contributed by atoms with van der Waals surface area (Å²) >= 11 is 0. The van der Waals surface area contributed by atoms with E-state index in [9.17, 15) is 22.8 Å². The molecule has 2 aromatic carbocycles. The van der Waals surface area contributed by atoms with E-state index in [1.54, 1.807) is 26.0 Å². The number of hydrogen-bond acceptors (Lipinski definition) is 5. The molecule has 0 unspecified atom stereocenters. The van der Waals surface area contributed by atoms with Crippen LogP contribution in [0, 0.1) is 31.3 Å². The second-order valence-electron chi connectivity index (χ2n) is 7.12. The van der Waals surface area contributed by atoms with Crippen molar-refractivity contribution in [2.24, 2.45) is 0 Å². The molecule has 0 bridgehead atoms. The average Bonchev–Trinajstić information content (AvgIpc) is 3.02. The maximum absolute atomic E-state index is 13.6. The Morgan fingerprint density at radius 3 is 2.41 bits per heavy atom. The Morgan fingerprint density at radius 1 is 0.969 bits per heavy atom. The first-order valence-electron chi connectivity index (χ1n) is 9.46. The van der Waals surface area contributed by atoms with Crippen LogP contribution in [-0.4, -0.2) is 25.1 Å². The Bertz CT molecular complexity index is 1410. The summed E-state index contributed by atoms with van der Waals surface area (Å²) in [5.74, 6) is -3.03. The molecule has 0 radical (unpaired) electrons. The van der Waals surface area contributed by atoms with Crippen LogP contribution in [0.3, 0.4) is 0 Å². The summed E-state index contributed by atoms with van der Waals surface area (Å²) in [5.41, 5.74) is 1.12. The van der Waals surface area contributed by atoms with Crippen molar-refractivity contribution in [1.82, 2.24) is 19.2 Å². The van der Waals surface area contributed by atoms with Gasteiger partial charge in [-0.2, -0.15) is 0 Å². The van der Waals surface area contributed by atoms with Gasteiger partial charge in [0.1, 0.15) is 12.4 Å². The second-order valence-corrected chi connectivity index (χ2v) is 7.12. The average molecular weight is 442 g/mol. The topological polar surface area (TPSA) is 93.3 Å². The normalized spacial score (nSPS) is 11.0. The van der Waals surface area contributed by atoms with Gasteiger partial charge < -0.3 is 10.6 Å². The van der Waals surface area contributed by atoms with Gasteiger partial charge in [-0.25, -0.2) is 32.0 Å². The van der Waals surface area contributed by atoms with Crippen LogP contribution in [-0.2, 0) is 11.3 Å². The van der Waals surface area contributed by atoms with Crippen molar-refractivity contribution in [3.05, 3.63) is 81.7 Å². The summed E-state index contributed by atoms with van der Waals surface area (Å²) in [6.45, 7) is 2.85. The molecule has 0 spiro atoms. The zero-order valence-corrected chi connectivity index (χ0v) is 17.0. The van der Waals surface area contributed by atoms with E-state index in [4.69, 9.17) is 0 Å². The molecule has 4 rings (SSSR count). The molecule has 4 aromatic rings. The third kappa shape index (κ3) is 4.17. The van der Waals surface area contributed by atoms with Gasteiger partial charge in [-0.3, -0.25) is 4.79 Å². The van der Waals surface area contributed by atoms with Gasteiger partial charge in [0.15, 0.2) is 17.3 Å². The van der Waals surface area contributed by atoms with E-state index in [0.717, 1.165) is 16.8 Å². The number of hydrogen-bond donors (Lipinski definition) is 2. The SMILES string of the molecule is Cc1cc2nn(CC(=O)Nc3ccc(F)c(F)c3)c(=O)n2c(Nc2ccc(F)c(C)c2)n1. The van der Waals surface area contributed by atoms with Gasteiger partial charge in [-0.05, 0) is 49.7 Å². The van der Waals surface area contributed by atoms with Gasteiger partial charge in [-0.1, -0.05) is 0 Å². The molecule has 2 heterocycles. The van der Waals surface area contributed by atoms with E-state index in [0.29, 0.717) is 16.9 Å². The van der Waals surface area contributed by atoms with Crippen molar-refractivity contribution in [2.45, 2.75) is 20.4 Å². The molecule has 164 valence electrons. The van der Waals surface area contributed by atoms with Gasteiger partial charge in [0, 0.05) is 29.2 Å². The second kappa shape index (κ2) is 8.17. The number of halogens is 3. The molecule has 8 nitrogen and oxygen atoms in total. The zero-order valence-electron chi connectivity index (χ0n) is 17.0. The predicted octanol–water partition coefficient (Wildman–Crippen LogP) is 3.31. The van der Waals surface area contributed by atoms with Crippen molar-refractivity contribution >= 4 is 28.9 Å². The van der Waals surface area contributed by atoms with Crippen LogP contribution in [0.2, 0.25) is 0 Å². The fourth-order valence-electron chi connectivity index (χ4n) is 3.10. The van der Waals surface area contributed by atoms with Gasteiger partial charge in [0.25, 0.3) is 0 Å². The third-order valence-electron chi connectivity index (χ3n) is 4.61. The highest BCUT2D eigenvalue weighted by atomic mass is 19.2. The molecule has 1 amide bonds. The fourth-order valence-corrected chi connectivity index (χ4v) is 3.10. The van der Waals surface area contributed by atoms with Crippen molar-refractivity contribution < 1.29 is 18.0 Å². The molecule has 0 aliphatic heterocycles. The minimum Gasteiger partial charge on any atom is -0.325 e. The first-order chi connectivity index (χ1) is 15.2. The molecular weight excluding hydrogens is 425 g/mol. The van der Waals surface area contributed by atoms with Crippen molar-refractivity contribution in [3.8, 4) is 0 Å². The maximum Gasteiger partial charge on any atom is 0.353 e. The summed E-state index contributed by atoms with van der Waals surface area (Å²) < 4.78 is 42.0. The number of aromatic nitrogens is 4. The van der Waals surface area contributed by atoms with E-state index < -0.39 is 29.8 Å². The minimum absolute atomic E-state index is 0.0391. The minimum atomic E-state index is -1.11. The maximum atomic E-state index is 13.6. The van der Waals surface area contributed by atoms with Gasteiger partial charge in [0.05, 0.1) is 0 Å². The number of nitrogens with zero attached hydrogens (tertiary/aromatic N) is 4. The number of fused-ring (bicyclic) bond motifs is 1. The van der Waals surface area contributed by atoms with Crippen LogP contribution in [0.25, 0.3) is 5.65 Å². The number of anilines is 3. The molecule has 0 saturated carbocycles. The molecule has 2 N–H and O–H groups in total. The van der Waals surface area contributed by atoms with Crippen LogP contribution < -0.4 is 16.3 Å².